The van der Waals surface area contributed by atoms with Gasteiger partial charge >= 0.3 is 0 Å². The molecule has 0 bridgehead atoms. The van der Waals surface area contributed by atoms with Crippen molar-refractivity contribution in [1.29, 1.82) is 0 Å². The summed E-state index contributed by atoms with van der Waals surface area (Å²) in [5.41, 5.74) is 5.94. The molecule has 1 heterocycles. The number of nitrogens with one attached hydrogen (secondary N) is 1. The second-order valence-electron chi connectivity index (χ2n) is 6.44. The number of carbonyl (C=O) groups is 1. The molecule has 3 rings (SSSR count). The third kappa shape index (κ3) is 4.42. The Bertz CT molecular complexity index is 949. The van der Waals surface area contributed by atoms with Gasteiger partial charge in [-0.1, -0.05) is 0 Å². The van der Waals surface area contributed by atoms with Crippen LogP contribution in [-0.2, 0) is 10.0 Å². The SMILES string of the molecule is NC(=O)c1ccc(S(=O)(=O)NCC2CCN(c3ccc(F)c(F)c3)C2)cc1. The van der Waals surface area contributed by atoms with Gasteiger partial charge in [0.05, 0.1) is 4.90 Å². The van der Waals surface area contributed by atoms with Gasteiger partial charge in [-0.05, 0) is 48.7 Å². The summed E-state index contributed by atoms with van der Waals surface area (Å²) in [6.45, 7) is 1.39. The molecule has 0 aliphatic carbocycles. The number of carbonyl (C=O) groups excluding carboxylic acids is 1. The molecule has 0 radical (unpaired) electrons. The van der Waals surface area contributed by atoms with Gasteiger partial charge in [-0.15, -0.1) is 0 Å². The third-order valence-electron chi connectivity index (χ3n) is 4.57. The van der Waals surface area contributed by atoms with Gasteiger partial charge in [-0.2, -0.15) is 0 Å². The first kappa shape index (κ1) is 19.2. The lowest BCUT2D eigenvalue weighted by molar-refractivity contribution is 0.1000. The highest BCUT2D eigenvalue weighted by molar-refractivity contribution is 7.89. The van der Waals surface area contributed by atoms with E-state index in [4.69, 9.17) is 5.73 Å². The highest BCUT2D eigenvalue weighted by Crippen LogP contribution is 2.25. The molecular formula is C18H19F2N3O3S. The zero-order valence-corrected chi connectivity index (χ0v) is 15.2. The number of anilines is 1. The molecule has 27 heavy (non-hydrogen) atoms. The minimum Gasteiger partial charge on any atom is -0.371 e. The molecule has 1 saturated heterocycles. The quantitative estimate of drug-likeness (QED) is 0.781. The van der Waals surface area contributed by atoms with Crippen LogP contribution in [0.1, 0.15) is 16.8 Å². The van der Waals surface area contributed by atoms with Crippen LogP contribution < -0.4 is 15.4 Å². The maximum atomic E-state index is 13.4. The topological polar surface area (TPSA) is 92.5 Å². The zero-order chi connectivity index (χ0) is 19.6. The average molecular weight is 395 g/mol. The minimum atomic E-state index is -3.71. The van der Waals surface area contributed by atoms with Crippen molar-refractivity contribution in [3.8, 4) is 0 Å². The normalized spacial score (nSPS) is 17.3. The second kappa shape index (κ2) is 7.61. The van der Waals surface area contributed by atoms with Gasteiger partial charge in [0.15, 0.2) is 11.6 Å². The largest absolute Gasteiger partial charge is 0.371 e. The molecule has 1 amide bonds. The molecule has 1 aliphatic heterocycles. The molecule has 0 spiro atoms. The molecule has 3 N–H and O–H groups in total. The Balaban J connectivity index is 1.59. The lowest BCUT2D eigenvalue weighted by Gasteiger charge is -2.19. The molecule has 2 aromatic rings. The van der Waals surface area contributed by atoms with Crippen LogP contribution >= 0.6 is 0 Å². The van der Waals surface area contributed by atoms with Gasteiger partial charge in [0, 0.05) is 37.0 Å². The number of primary amides is 1. The number of hydrogen-bond donors (Lipinski definition) is 2. The molecule has 1 unspecified atom stereocenters. The van der Waals surface area contributed by atoms with Crippen molar-refractivity contribution in [2.24, 2.45) is 11.7 Å². The van der Waals surface area contributed by atoms with Crippen LogP contribution in [0.5, 0.6) is 0 Å². The maximum Gasteiger partial charge on any atom is 0.248 e. The van der Waals surface area contributed by atoms with Crippen LogP contribution in [0.3, 0.4) is 0 Å². The van der Waals surface area contributed by atoms with Gasteiger partial charge in [-0.3, -0.25) is 4.79 Å². The number of hydrogen-bond acceptors (Lipinski definition) is 4. The Kier molecular flexibility index (Phi) is 5.43. The maximum absolute atomic E-state index is 13.4. The van der Waals surface area contributed by atoms with Gasteiger partial charge < -0.3 is 10.6 Å². The summed E-state index contributed by atoms with van der Waals surface area (Å²) >= 11 is 0. The Morgan fingerprint density at radius 3 is 2.48 bits per heavy atom. The zero-order valence-electron chi connectivity index (χ0n) is 14.4. The van der Waals surface area contributed by atoms with Crippen LogP contribution in [0.2, 0.25) is 0 Å². The monoisotopic (exact) mass is 395 g/mol. The van der Waals surface area contributed by atoms with Crippen molar-refractivity contribution in [3.05, 3.63) is 59.7 Å². The van der Waals surface area contributed by atoms with E-state index in [0.717, 1.165) is 18.6 Å². The highest BCUT2D eigenvalue weighted by Gasteiger charge is 2.25. The van der Waals surface area contributed by atoms with E-state index < -0.39 is 27.6 Å². The predicted molar refractivity (Wildman–Crippen MR) is 96.8 cm³/mol. The fourth-order valence-electron chi connectivity index (χ4n) is 3.02. The van der Waals surface area contributed by atoms with Gasteiger partial charge in [0.1, 0.15) is 0 Å². The lowest BCUT2D eigenvalue weighted by Crippen LogP contribution is -2.31. The standard InChI is InChI=1S/C18H19F2N3O3S/c19-16-6-3-14(9-17(16)20)23-8-7-12(11-23)10-22-27(25,26)15-4-1-13(2-5-15)18(21)24/h1-6,9,12,22H,7-8,10-11H2,(H2,21,24). The summed E-state index contributed by atoms with van der Waals surface area (Å²) in [6, 6.07) is 9.09. The number of rotatable bonds is 6. The van der Waals surface area contributed by atoms with Crippen molar-refractivity contribution >= 4 is 21.6 Å². The highest BCUT2D eigenvalue weighted by atomic mass is 32.2. The van der Waals surface area contributed by atoms with E-state index in [1.54, 1.807) is 0 Å². The van der Waals surface area contributed by atoms with E-state index in [0.29, 0.717) is 18.8 Å². The summed E-state index contributed by atoms with van der Waals surface area (Å²) in [7, 11) is -3.71. The van der Waals surface area contributed by atoms with Crippen molar-refractivity contribution in [3.63, 3.8) is 0 Å². The summed E-state index contributed by atoms with van der Waals surface area (Å²) in [4.78, 5) is 13.0. The van der Waals surface area contributed by atoms with E-state index >= 15 is 0 Å². The molecule has 1 aliphatic rings. The fraction of sp³-hybridized carbons (Fsp3) is 0.278. The van der Waals surface area contributed by atoms with Crippen LogP contribution in [0.4, 0.5) is 14.5 Å². The Morgan fingerprint density at radius 2 is 1.85 bits per heavy atom. The van der Waals surface area contributed by atoms with E-state index in [1.807, 2.05) is 4.90 Å². The van der Waals surface area contributed by atoms with E-state index in [2.05, 4.69) is 4.72 Å². The smallest absolute Gasteiger partial charge is 0.248 e. The average Bonchev–Trinajstić information content (AvgIpc) is 3.11. The summed E-state index contributed by atoms with van der Waals surface area (Å²) in [5.74, 6) is -2.39. The molecule has 0 aromatic heterocycles. The van der Waals surface area contributed by atoms with Crippen molar-refractivity contribution in [1.82, 2.24) is 4.72 Å². The molecular weight excluding hydrogens is 376 g/mol. The van der Waals surface area contributed by atoms with Gasteiger partial charge in [0.2, 0.25) is 15.9 Å². The van der Waals surface area contributed by atoms with Crippen LogP contribution in [-0.4, -0.2) is 34.0 Å². The van der Waals surface area contributed by atoms with Crippen LogP contribution in [0, 0.1) is 17.6 Å². The Labute approximate surface area is 156 Å². The third-order valence-corrected chi connectivity index (χ3v) is 6.00. The number of halogens is 2. The fourth-order valence-corrected chi connectivity index (χ4v) is 4.14. The number of amides is 1. The van der Waals surface area contributed by atoms with Crippen LogP contribution in [0.25, 0.3) is 0 Å². The minimum absolute atomic E-state index is 0.0396. The Hall–Kier alpha value is -2.52. The molecule has 0 saturated carbocycles. The van der Waals surface area contributed by atoms with Crippen molar-refractivity contribution < 1.29 is 22.0 Å². The van der Waals surface area contributed by atoms with Crippen molar-refractivity contribution in [2.45, 2.75) is 11.3 Å². The molecule has 1 fully saturated rings. The van der Waals surface area contributed by atoms with Crippen LogP contribution in [0.15, 0.2) is 47.4 Å². The molecule has 2 aromatic carbocycles. The van der Waals surface area contributed by atoms with Gasteiger partial charge in [-0.25, -0.2) is 21.9 Å². The van der Waals surface area contributed by atoms with Gasteiger partial charge in [0.25, 0.3) is 0 Å². The van der Waals surface area contributed by atoms with Crippen molar-refractivity contribution in [2.75, 3.05) is 24.5 Å². The summed E-state index contributed by atoms with van der Waals surface area (Å²) in [6.07, 6.45) is 0.724. The molecule has 9 heteroatoms. The van der Waals surface area contributed by atoms with E-state index in [9.17, 15) is 22.0 Å². The molecule has 1 atom stereocenters. The molecule has 6 nitrogen and oxygen atoms in total. The number of benzene rings is 2. The first-order chi connectivity index (χ1) is 12.8. The summed E-state index contributed by atoms with van der Waals surface area (Å²) in [5, 5.41) is 0. The number of sulfonamides is 1. The second-order valence-corrected chi connectivity index (χ2v) is 8.21. The lowest BCUT2D eigenvalue weighted by atomic mass is 10.1. The number of nitrogens with zero attached hydrogens (tertiary/aromatic N) is 1. The van der Waals surface area contributed by atoms with E-state index in [1.165, 1.54) is 30.3 Å². The molecule has 144 valence electrons. The van der Waals surface area contributed by atoms with E-state index in [-0.39, 0.29) is 22.9 Å². The first-order valence-corrected chi connectivity index (χ1v) is 9.84. The Morgan fingerprint density at radius 1 is 1.15 bits per heavy atom. The predicted octanol–water partition coefficient (Wildman–Crippen LogP) is 1.87. The number of nitrogens with two attached hydrogens (primary N) is 1. The summed E-state index contributed by atoms with van der Waals surface area (Å²) < 4.78 is 53.7. The first-order valence-electron chi connectivity index (χ1n) is 8.36.